The molecule has 3 aliphatic carbocycles. The fourth-order valence-corrected chi connectivity index (χ4v) is 7.47. The van der Waals surface area contributed by atoms with Crippen LogP contribution in [0.25, 0.3) is 11.8 Å². The second-order valence-electron chi connectivity index (χ2n) is 13.0. The van der Waals surface area contributed by atoms with Crippen LogP contribution in [0, 0.1) is 29.0 Å². The second kappa shape index (κ2) is 14.4. The maximum absolute atomic E-state index is 14.2. The molecule has 1 saturated carbocycles. The zero-order valence-electron chi connectivity index (χ0n) is 27.6. The summed E-state index contributed by atoms with van der Waals surface area (Å²) in [6.07, 6.45) is 1.96. The number of aromatic nitrogens is 2. The van der Waals surface area contributed by atoms with Gasteiger partial charge in [-0.2, -0.15) is 18.3 Å². The lowest BCUT2D eigenvalue weighted by molar-refractivity contribution is -0.197. The van der Waals surface area contributed by atoms with Crippen LogP contribution in [0.5, 0.6) is 0 Å². The first-order valence-electron chi connectivity index (χ1n) is 16.4. The average Bonchev–Trinajstić information content (AvgIpc) is 3.54. The van der Waals surface area contributed by atoms with Crippen molar-refractivity contribution in [1.29, 1.82) is 0 Å². The number of hydrogen-bond donors (Lipinski definition) is 4. The van der Waals surface area contributed by atoms with E-state index < -0.39 is 41.2 Å². The Morgan fingerprint density at radius 3 is 2.14 bits per heavy atom. The maximum atomic E-state index is 14.2. The van der Waals surface area contributed by atoms with Gasteiger partial charge in [-0.05, 0) is 91.8 Å². The van der Waals surface area contributed by atoms with Gasteiger partial charge in [-0.1, -0.05) is 60.5 Å². The lowest BCUT2D eigenvalue weighted by Crippen LogP contribution is -2.53. The van der Waals surface area contributed by atoms with Crippen molar-refractivity contribution in [2.75, 3.05) is 0 Å². The fourth-order valence-electron chi connectivity index (χ4n) is 7.47. The second-order valence-corrected chi connectivity index (χ2v) is 13.0. The number of nitrogens with one attached hydrogen (secondary N) is 3. The lowest BCUT2D eigenvalue weighted by Gasteiger charge is -2.50. The van der Waals surface area contributed by atoms with Crippen molar-refractivity contribution in [3.8, 4) is 5.69 Å². The molecule has 1 heterocycles. The zero-order chi connectivity index (χ0) is 36.3. The van der Waals surface area contributed by atoms with Gasteiger partial charge in [0.15, 0.2) is 0 Å². The molecule has 5 N–H and O–H groups in total. The number of nitrogens with two attached hydrogens (primary N) is 1. The molecule has 0 spiro atoms. The highest BCUT2D eigenvalue weighted by atomic mass is 19.4. The Kier molecular flexibility index (Phi) is 9.93. The minimum atomic E-state index is -4.58. The van der Waals surface area contributed by atoms with Gasteiger partial charge in [-0.15, -0.1) is 0 Å². The Hall–Kier alpha value is -5.56. The van der Waals surface area contributed by atoms with Gasteiger partial charge in [0.25, 0.3) is 11.8 Å². The van der Waals surface area contributed by atoms with E-state index in [0.29, 0.717) is 30.5 Å². The number of alkyl halides is 3. The largest absolute Gasteiger partial charge is 0.392 e. The summed E-state index contributed by atoms with van der Waals surface area (Å²) in [5, 5.41) is 4.52. The van der Waals surface area contributed by atoms with Crippen LogP contribution in [0.2, 0.25) is 0 Å². The molecule has 264 valence electrons. The minimum Gasteiger partial charge on any atom is -0.290 e. The maximum Gasteiger partial charge on any atom is 0.392 e. The quantitative estimate of drug-likeness (QED) is 0.0658. The van der Waals surface area contributed by atoms with E-state index in [0.717, 1.165) is 22.4 Å². The van der Waals surface area contributed by atoms with E-state index >= 15 is 0 Å². The van der Waals surface area contributed by atoms with Gasteiger partial charge in [0.05, 0.1) is 29.4 Å². The molecule has 13 heteroatoms. The standard InChI is InChI=1S/C31H28F4N4O2.C7H8N2O/c1-30-16-19-17-36-39(22-10-8-21(32)9-11-22)26(19)15-20(30)7-12-23-24(30)13-14-25(31(33,34)35)27(23)29(41)38-37-28(40)18-5-3-2-4-6-18;8-9-7(10)6-4-2-1-3-5-6/h2-6,8-11,13,15,17,23,25,27H,7,12,14,16H2,1H3,(H,37,40)(H,38,41);1-5H,8H2,(H,9,10)/t23-,25+,27+,30-;/m0./s1. The summed E-state index contributed by atoms with van der Waals surface area (Å²) < 4.78 is 58.0. The Morgan fingerprint density at radius 1 is 0.902 bits per heavy atom. The van der Waals surface area contributed by atoms with Crippen molar-refractivity contribution in [2.45, 2.75) is 38.8 Å². The average molecular weight is 701 g/mol. The summed E-state index contributed by atoms with van der Waals surface area (Å²) in [6, 6.07) is 23.0. The monoisotopic (exact) mass is 700 g/mol. The molecule has 0 saturated heterocycles. The Bertz CT molecular complexity index is 1980. The smallest absolute Gasteiger partial charge is 0.290 e. The van der Waals surface area contributed by atoms with Crippen molar-refractivity contribution in [3.63, 3.8) is 0 Å². The van der Waals surface area contributed by atoms with E-state index in [9.17, 15) is 31.9 Å². The van der Waals surface area contributed by atoms with Crippen molar-refractivity contribution < 1.29 is 31.9 Å². The number of hydrazine groups is 2. The highest BCUT2D eigenvalue weighted by molar-refractivity contribution is 5.95. The molecule has 3 aliphatic rings. The number of nitrogen functional groups attached to an aromatic ring is 1. The summed E-state index contributed by atoms with van der Waals surface area (Å²) in [6.45, 7) is 2.02. The molecule has 51 heavy (non-hydrogen) atoms. The molecule has 3 amide bonds. The molecule has 1 aromatic heterocycles. The van der Waals surface area contributed by atoms with Crippen LogP contribution in [0.4, 0.5) is 17.6 Å². The molecular weight excluding hydrogens is 664 g/mol. The number of halogens is 4. The van der Waals surface area contributed by atoms with Gasteiger partial charge in [-0.25, -0.2) is 14.9 Å². The first-order valence-corrected chi connectivity index (χ1v) is 16.4. The molecule has 0 aliphatic heterocycles. The third kappa shape index (κ3) is 7.20. The van der Waals surface area contributed by atoms with Crippen LogP contribution in [0.1, 0.15) is 58.2 Å². The van der Waals surface area contributed by atoms with Crippen molar-refractivity contribution in [3.05, 3.63) is 137 Å². The predicted octanol–water partition coefficient (Wildman–Crippen LogP) is 6.24. The number of amides is 3. The van der Waals surface area contributed by atoms with Gasteiger partial charge in [-0.3, -0.25) is 30.7 Å². The van der Waals surface area contributed by atoms with Crippen LogP contribution in [0.3, 0.4) is 0 Å². The number of carbonyl (C=O) groups is 3. The summed E-state index contributed by atoms with van der Waals surface area (Å²) >= 11 is 0. The molecular formula is C38H36F4N6O3. The van der Waals surface area contributed by atoms with Gasteiger partial charge in [0, 0.05) is 16.5 Å². The third-order valence-corrected chi connectivity index (χ3v) is 9.97. The SMILES string of the molecule is C[C@]12Cc3cnn(-c4ccc(F)cc4)c3C=C1CC[C@H]1C2=CC[C@@H](C(F)(F)F)[C@@H]1C(=O)NNC(=O)c1ccccc1.NNC(=O)c1ccccc1. The number of hydrogen-bond acceptors (Lipinski definition) is 5. The van der Waals surface area contributed by atoms with Crippen molar-refractivity contribution in [1.82, 2.24) is 26.1 Å². The number of benzene rings is 3. The Balaban J connectivity index is 0.000000388. The molecule has 3 aromatic carbocycles. The van der Waals surface area contributed by atoms with Crippen LogP contribution in [-0.4, -0.2) is 33.7 Å². The molecule has 0 unspecified atom stereocenters. The molecule has 4 atom stereocenters. The first-order chi connectivity index (χ1) is 24.4. The molecule has 9 nitrogen and oxygen atoms in total. The fraction of sp³-hybridized carbons (Fsp3) is 0.263. The van der Waals surface area contributed by atoms with E-state index in [1.165, 1.54) is 12.1 Å². The summed E-state index contributed by atoms with van der Waals surface area (Å²) in [5.74, 6) is -1.04. The molecule has 4 aromatic rings. The Morgan fingerprint density at radius 2 is 1.53 bits per heavy atom. The lowest BCUT2D eigenvalue weighted by atomic mass is 9.54. The number of allylic oxidation sites excluding steroid dienone is 3. The summed E-state index contributed by atoms with van der Waals surface area (Å²) in [4.78, 5) is 36.6. The van der Waals surface area contributed by atoms with E-state index in [1.54, 1.807) is 83.7 Å². The summed E-state index contributed by atoms with van der Waals surface area (Å²) in [5.41, 5.74) is 11.3. The van der Waals surface area contributed by atoms with E-state index in [1.807, 2.05) is 24.5 Å². The van der Waals surface area contributed by atoms with Crippen molar-refractivity contribution >= 4 is 23.8 Å². The zero-order valence-corrected chi connectivity index (χ0v) is 27.6. The van der Waals surface area contributed by atoms with Crippen LogP contribution in [0.15, 0.2) is 108 Å². The van der Waals surface area contributed by atoms with Gasteiger partial charge >= 0.3 is 6.18 Å². The van der Waals surface area contributed by atoms with Crippen LogP contribution in [-0.2, 0) is 11.2 Å². The van der Waals surface area contributed by atoms with Gasteiger partial charge in [0.2, 0.25) is 5.91 Å². The highest BCUT2D eigenvalue weighted by Crippen LogP contribution is 2.58. The predicted molar refractivity (Wildman–Crippen MR) is 182 cm³/mol. The van der Waals surface area contributed by atoms with E-state index in [-0.39, 0.29) is 23.7 Å². The van der Waals surface area contributed by atoms with Crippen LogP contribution >= 0.6 is 0 Å². The first kappa shape index (κ1) is 35.3. The number of nitrogens with zero attached hydrogens (tertiary/aromatic N) is 2. The number of carbonyl (C=O) groups excluding carboxylic acids is 3. The number of fused-ring (bicyclic) bond motifs is 4. The molecule has 0 radical (unpaired) electrons. The third-order valence-electron chi connectivity index (χ3n) is 9.97. The van der Waals surface area contributed by atoms with Crippen LogP contribution < -0.4 is 22.1 Å². The highest BCUT2D eigenvalue weighted by Gasteiger charge is 2.56. The van der Waals surface area contributed by atoms with Gasteiger partial charge < -0.3 is 0 Å². The number of rotatable bonds is 4. The molecule has 0 bridgehead atoms. The van der Waals surface area contributed by atoms with Crippen molar-refractivity contribution in [2.24, 2.45) is 29.0 Å². The molecule has 1 fully saturated rings. The van der Waals surface area contributed by atoms with E-state index in [2.05, 4.69) is 16.0 Å². The molecule has 7 rings (SSSR count). The van der Waals surface area contributed by atoms with E-state index in [4.69, 9.17) is 5.84 Å². The topological polar surface area (TPSA) is 131 Å². The normalized spacial score (nSPS) is 22.0. The van der Waals surface area contributed by atoms with Gasteiger partial charge in [0.1, 0.15) is 5.82 Å². The summed E-state index contributed by atoms with van der Waals surface area (Å²) in [7, 11) is 0. The minimum absolute atomic E-state index is 0.263. The Labute approximate surface area is 291 Å².